The Bertz CT molecular complexity index is 799. The Labute approximate surface area is 194 Å². The summed E-state index contributed by atoms with van der Waals surface area (Å²) in [5, 5.41) is 14.1. The number of nitrogens with one attached hydrogen (secondary N) is 2. The lowest BCUT2D eigenvalue weighted by Crippen LogP contribution is -2.53. The van der Waals surface area contributed by atoms with Gasteiger partial charge in [-0.1, -0.05) is 19.9 Å². The summed E-state index contributed by atoms with van der Waals surface area (Å²) in [7, 11) is 0. The Balaban J connectivity index is 3.17. The highest BCUT2D eigenvalue weighted by atomic mass is 19.4. The molecule has 0 saturated heterocycles. The van der Waals surface area contributed by atoms with Crippen LogP contribution in [-0.2, 0) is 20.7 Å². The van der Waals surface area contributed by atoms with Crippen molar-refractivity contribution in [1.29, 1.82) is 0 Å². The Kier molecular flexibility index (Phi) is 11.9. The lowest BCUT2D eigenvalue weighted by Gasteiger charge is -2.30. The maximum absolute atomic E-state index is 13.6. The van der Waals surface area contributed by atoms with Crippen LogP contribution in [0.1, 0.15) is 25.8 Å². The molecule has 0 saturated carbocycles. The van der Waals surface area contributed by atoms with Gasteiger partial charge in [-0.25, -0.2) is 18.4 Å². The van der Waals surface area contributed by atoms with Crippen molar-refractivity contribution >= 4 is 12.1 Å². The van der Waals surface area contributed by atoms with Crippen LogP contribution in [0.25, 0.3) is 0 Å². The van der Waals surface area contributed by atoms with Gasteiger partial charge < -0.3 is 25.2 Å². The van der Waals surface area contributed by atoms with Crippen molar-refractivity contribution in [2.75, 3.05) is 19.8 Å². The van der Waals surface area contributed by atoms with Crippen molar-refractivity contribution in [3.05, 3.63) is 48.1 Å². The average Bonchev–Trinajstić information content (AvgIpc) is 2.68. The van der Waals surface area contributed by atoms with Crippen LogP contribution in [0, 0.1) is 17.6 Å². The van der Waals surface area contributed by atoms with Gasteiger partial charge in [0.1, 0.15) is 17.7 Å². The highest BCUT2D eigenvalue weighted by Gasteiger charge is 2.43. The first-order chi connectivity index (χ1) is 15.8. The van der Waals surface area contributed by atoms with Gasteiger partial charge in [-0.05, 0) is 36.5 Å². The number of benzene rings is 1. The van der Waals surface area contributed by atoms with Crippen LogP contribution < -0.4 is 10.6 Å². The largest absolute Gasteiger partial charge is 0.490 e. The number of alkyl halides is 3. The maximum Gasteiger partial charge on any atom is 0.490 e. The summed E-state index contributed by atoms with van der Waals surface area (Å²) in [5.74, 6) is -4.26. The van der Waals surface area contributed by atoms with Gasteiger partial charge >= 0.3 is 18.2 Å². The molecule has 0 radical (unpaired) electrons. The molecule has 1 rings (SSSR count). The summed E-state index contributed by atoms with van der Waals surface area (Å²) in [6.45, 7) is 7.36. The molecule has 1 aromatic rings. The minimum atomic E-state index is -5.33. The van der Waals surface area contributed by atoms with Crippen LogP contribution in [0.15, 0.2) is 30.9 Å². The van der Waals surface area contributed by atoms with E-state index in [2.05, 4.69) is 16.6 Å². The molecule has 7 nitrogen and oxygen atoms in total. The van der Waals surface area contributed by atoms with Gasteiger partial charge in [0.05, 0.1) is 19.3 Å². The van der Waals surface area contributed by atoms with Crippen LogP contribution in [-0.4, -0.2) is 61.3 Å². The summed E-state index contributed by atoms with van der Waals surface area (Å²) < 4.78 is 75.8. The van der Waals surface area contributed by atoms with Crippen molar-refractivity contribution in [2.45, 2.75) is 51.1 Å². The van der Waals surface area contributed by atoms with Crippen molar-refractivity contribution in [1.82, 2.24) is 10.6 Å². The van der Waals surface area contributed by atoms with Gasteiger partial charge in [0, 0.05) is 18.7 Å². The second-order valence-electron chi connectivity index (χ2n) is 8.04. The molecule has 1 aromatic carbocycles. The zero-order valence-corrected chi connectivity index (χ0v) is 18.8. The quantitative estimate of drug-likeness (QED) is 0.157. The second-order valence-corrected chi connectivity index (χ2v) is 8.04. The molecule has 0 aliphatic heterocycles. The molecule has 0 aliphatic carbocycles. The molecule has 34 heavy (non-hydrogen) atoms. The van der Waals surface area contributed by atoms with E-state index < -0.39 is 48.4 Å². The minimum absolute atomic E-state index is 0.0441. The number of ether oxygens (including phenoxy) is 2. The van der Waals surface area contributed by atoms with Crippen LogP contribution in [0.4, 0.5) is 26.7 Å². The van der Waals surface area contributed by atoms with Gasteiger partial charge in [0.2, 0.25) is 0 Å². The molecule has 3 atom stereocenters. The number of carbonyl (C=O) groups excluding carboxylic acids is 1. The fourth-order valence-electron chi connectivity index (χ4n) is 3.24. The van der Waals surface area contributed by atoms with E-state index in [0.29, 0.717) is 12.5 Å². The number of esters is 1. The lowest BCUT2D eigenvalue weighted by atomic mass is 9.99. The number of carbonyl (C=O) groups is 2. The molecule has 0 aromatic heterocycles. The van der Waals surface area contributed by atoms with E-state index in [1.54, 1.807) is 0 Å². The van der Waals surface area contributed by atoms with Gasteiger partial charge in [-0.3, -0.25) is 0 Å². The Morgan fingerprint density at radius 2 is 1.79 bits per heavy atom. The third-order valence-electron chi connectivity index (χ3n) is 4.54. The summed E-state index contributed by atoms with van der Waals surface area (Å²) in [6.07, 6.45) is -7.00. The molecule has 0 heterocycles. The molecular formula is C22H29F5N2O5. The molecule has 192 valence electrons. The highest BCUT2D eigenvalue weighted by molar-refractivity contribution is 5.76. The van der Waals surface area contributed by atoms with E-state index in [-0.39, 0.29) is 37.3 Å². The molecule has 0 spiro atoms. The van der Waals surface area contributed by atoms with Crippen molar-refractivity contribution in [3.8, 4) is 0 Å². The Hall–Kier alpha value is -2.73. The molecule has 0 fully saturated rings. The first kappa shape index (κ1) is 29.3. The smallest absolute Gasteiger partial charge is 0.465 e. The first-order valence-corrected chi connectivity index (χ1v) is 10.5. The van der Waals surface area contributed by atoms with Gasteiger partial charge in [0.25, 0.3) is 0 Å². The third kappa shape index (κ3) is 11.4. The summed E-state index contributed by atoms with van der Waals surface area (Å²) in [4.78, 5) is 22.9. The van der Waals surface area contributed by atoms with Gasteiger partial charge in [-0.2, -0.15) is 13.2 Å². The Morgan fingerprint density at radius 1 is 1.18 bits per heavy atom. The summed E-state index contributed by atoms with van der Waals surface area (Å²) in [5.41, 5.74) is -0.0441. The average molecular weight is 496 g/mol. The number of hydrogen-bond acceptors (Lipinski definition) is 5. The fourth-order valence-corrected chi connectivity index (χ4v) is 3.24. The third-order valence-corrected chi connectivity index (χ3v) is 4.54. The van der Waals surface area contributed by atoms with Crippen molar-refractivity contribution in [2.24, 2.45) is 5.92 Å². The van der Waals surface area contributed by atoms with E-state index in [1.165, 1.54) is 6.08 Å². The Morgan fingerprint density at radius 3 is 2.29 bits per heavy atom. The number of carboxylic acid groups (broad SMARTS) is 1. The molecule has 12 heteroatoms. The number of hydrogen-bond donors (Lipinski definition) is 3. The molecule has 0 bridgehead atoms. The summed E-state index contributed by atoms with van der Waals surface area (Å²) >= 11 is 0. The first-order valence-electron chi connectivity index (χ1n) is 10.5. The number of rotatable bonds is 14. The predicted molar refractivity (Wildman–Crippen MR) is 113 cm³/mol. The van der Waals surface area contributed by atoms with Gasteiger partial charge in [0.15, 0.2) is 0 Å². The maximum atomic E-state index is 13.6. The van der Waals surface area contributed by atoms with E-state index >= 15 is 0 Å². The van der Waals surface area contributed by atoms with Crippen LogP contribution in [0.5, 0.6) is 0 Å². The lowest BCUT2D eigenvalue weighted by molar-refractivity contribution is -0.205. The van der Waals surface area contributed by atoms with Crippen molar-refractivity contribution in [3.63, 3.8) is 0 Å². The molecule has 0 unspecified atom stereocenters. The highest BCUT2D eigenvalue weighted by Crippen LogP contribution is 2.20. The normalized spacial score (nSPS) is 14.4. The predicted octanol–water partition coefficient (Wildman–Crippen LogP) is 3.82. The number of halogens is 5. The molecule has 1 amide bonds. The monoisotopic (exact) mass is 496 g/mol. The van der Waals surface area contributed by atoms with Crippen LogP contribution in [0.3, 0.4) is 0 Å². The topological polar surface area (TPSA) is 96.9 Å². The van der Waals surface area contributed by atoms with E-state index in [1.807, 2.05) is 19.2 Å². The van der Waals surface area contributed by atoms with Crippen LogP contribution in [0.2, 0.25) is 0 Å². The zero-order chi connectivity index (χ0) is 25.9. The van der Waals surface area contributed by atoms with E-state index in [4.69, 9.17) is 4.74 Å². The van der Waals surface area contributed by atoms with E-state index in [0.717, 1.165) is 12.1 Å². The molecule has 0 aliphatic rings. The van der Waals surface area contributed by atoms with Crippen molar-refractivity contribution < 1.29 is 46.1 Å². The summed E-state index contributed by atoms with van der Waals surface area (Å²) in [6, 6.07) is 0.572. The SMILES string of the molecule is C=CCOC[C@@H](CC(C)C)NC[C@H](OC(=O)C(F)(F)F)[C@H](Cc1cc(F)cc(F)c1)NC(=O)O. The van der Waals surface area contributed by atoms with E-state index in [9.17, 15) is 36.6 Å². The standard InChI is InChI=1S/C22H29F5N2O5/c1-4-5-33-12-17(6-13(2)3)28-11-19(34-20(30)22(25,26)27)18(29-21(31)32)9-14-7-15(23)10-16(24)8-14/h4,7-8,10,13,17-19,28-29H,1,5-6,9,11-12H2,2-3H3,(H,31,32)/t17-,18+,19+/m1/s1. The molecule has 3 N–H and O–H groups in total. The zero-order valence-electron chi connectivity index (χ0n) is 18.8. The second kappa shape index (κ2) is 13.9. The molecular weight excluding hydrogens is 467 g/mol. The van der Waals surface area contributed by atoms with Crippen LogP contribution >= 0.6 is 0 Å². The fraction of sp³-hybridized carbons (Fsp3) is 0.545. The number of amides is 1. The minimum Gasteiger partial charge on any atom is -0.465 e. The van der Waals surface area contributed by atoms with Gasteiger partial charge in [-0.15, -0.1) is 6.58 Å².